The molecule has 1 aliphatic heterocycles. The van der Waals surface area contributed by atoms with Crippen LogP contribution in [0.1, 0.15) is 20.3 Å². The molecule has 80 valence electrons. The van der Waals surface area contributed by atoms with Crippen LogP contribution in [0.5, 0.6) is 0 Å². The summed E-state index contributed by atoms with van der Waals surface area (Å²) in [6, 6.07) is 0. The lowest BCUT2D eigenvalue weighted by molar-refractivity contribution is -0.146. The molecule has 0 spiro atoms. The van der Waals surface area contributed by atoms with Crippen LogP contribution < -0.4 is 0 Å². The molecule has 1 unspecified atom stereocenters. The lowest BCUT2D eigenvalue weighted by Crippen LogP contribution is -2.45. The fourth-order valence-electron chi connectivity index (χ4n) is 1.29. The van der Waals surface area contributed by atoms with Crippen LogP contribution in [0.4, 0.5) is 0 Å². The van der Waals surface area contributed by atoms with Crippen LogP contribution >= 0.6 is 0 Å². The Hall–Kier alpha value is -0.900. The van der Waals surface area contributed by atoms with E-state index >= 15 is 0 Å². The quantitative estimate of drug-likeness (QED) is 0.661. The predicted octanol–water partition coefficient (Wildman–Crippen LogP) is 0.460. The number of hydrogen-bond acceptors (Lipinski definition) is 3. The summed E-state index contributed by atoms with van der Waals surface area (Å²) in [6.45, 7) is 5.32. The van der Waals surface area contributed by atoms with Gasteiger partial charge in [-0.05, 0) is 6.42 Å². The van der Waals surface area contributed by atoms with Gasteiger partial charge in [0.1, 0.15) is 6.61 Å². The van der Waals surface area contributed by atoms with Gasteiger partial charge in [-0.3, -0.25) is 9.59 Å². The lowest BCUT2D eigenvalue weighted by atomic mass is 10.0. The largest absolute Gasteiger partial charge is 0.370 e. The number of carbonyl (C=O) groups is 2. The summed E-state index contributed by atoms with van der Waals surface area (Å²) in [7, 11) is 0. The molecule has 1 atom stereocenters. The van der Waals surface area contributed by atoms with Crippen molar-refractivity contribution in [3.8, 4) is 0 Å². The van der Waals surface area contributed by atoms with E-state index in [-0.39, 0.29) is 30.8 Å². The fourth-order valence-corrected chi connectivity index (χ4v) is 1.29. The summed E-state index contributed by atoms with van der Waals surface area (Å²) in [6.07, 6.45) is 0.831. The molecule has 0 aromatic carbocycles. The summed E-state index contributed by atoms with van der Waals surface area (Å²) in [5, 5.41) is 0. The molecule has 0 saturated carbocycles. The molecule has 0 bridgehead atoms. The smallest absolute Gasteiger partial charge is 0.249 e. The number of morpholine rings is 1. The molecule has 14 heavy (non-hydrogen) atoms. The molecule has 4 nitrogen and oxygen atoms in total. The van der Waals surface area contributed by atoms with E-state index in [1.807, 2.05) is 13.8 Å². The Morgan fingerprint density at radius 3 is 2.93 bits per heavy atom. The zero-order chi connectivity index (χ0) is 10.6. The van der Waals surface area contributed by atoms with Crippen molar-refractivity contribution in [1.29, 1.82) is 0 Å². The minimum Gasteiger partial charge on any atom is -0.370 e. The minimum absolute atomic E-state index is 0.0469. The van der Waals surface area contributed by atoms with Crippen LogP contribution in [0, 0.1) is 5.92 Å². The average Bonchev–Trinajstić information content (AvgIpc) is 2.20. The lowest BCUT2D eigenvalue weighted by Gasteiger charge is -2.26. The summed E-state index contributed by atoms with van der Waals surface area (Å²) < 4.78 is 4.98. The van der Waals surface area contributed by atoms with Gasteiger partial charge < -0.3 is 9.64 Å². The maximum absolute atomic E-state index is 11.6. The molecule has 0 N–H and O–H groups in total. The second kappa shape index (κ2) is 5.10. The van der Waals surface area contributed by atoms with E-state index < -0.39 is 0 Å². The first-order valence-corrected chi connectivity index (χ1v) is 5.03. The monoisotopic (exact) mass is 199 g/mol. The van der Waals surface area contributed by atoms with Gasteiger partial charge in [-0.2, -0.15) is 0 Å². The fraction of sp³-hybridized carbons (Fsp3) is 0.800. The second-order valence-corrected chi connectivity index (χ2v) is 3.64. The highest BCUT2D eigenvalue weighted by molar-refractivity contribution is 5.88. The third-order valence-corrected chi connectivity index (χ3v) is 2.59. The number of carbonyl (C=O) groups excluding carboxylic acids is 2. The van der Waals surface area contributed by atoms with Gasteiger partial charge in [-0.25, -0.2) is 0 Å². The third-order valence-electron chi connectivity index (χ3n) is 2.59. The van der Waals surface area contributed by atoms with Crippen LogP contribution in [0.15, 0.2) is 0 Å². The van der Waals surface area contributed by atoms with Crippen LogP contribution in [-0.4, -0.2) is 42.9 Å². The first-order valence-electron chi connectivity index (χ1n) is 5.03. The number of amides is 1. The van der Waals surface area contributed by atoms with E-state index in [1.165, 1.54) is 0 Å². The van der Waals surface area contributed by atoms with Gasteiger partial charge in [0, 0.05) is 12.5 Å². The molecule has 1 saturated heterocycles. The highest BCUT2D eigenvalue weighted by Gasteiger charge is 2.22. The molecule has 4 heteroatoms. The summed E-state index contributed by atoms with van der Waals surface area (Å²) in [4.78, 5) is 24.4. The van der Waals surface area contributed by atoms with Crippen LogP contribution in [0.2, 0.25) is 0 Å². The van der Waals surface area contributed by atoms with E-state index in [0.29, 0.717) is 13.2 Å². The van der Waals surface area contributed by atoms with E-state index in [0.717, 1.165) is 6.42 Å². The SMILES string of the molecule is CCC(C)C(=O)CN1CCOCC1=O. The number of ether oxygens (including phenoxy) is 1. The molecule has 0 aromatic heterocycles. The molecule has 1 amide bonds. The summed E-state index contributed by atoms with van der Waals surface area (Å²) in [5.41, 5.74) is 0. The molecule has 0 aromatic rings. The molecule has 1 fully saturated rings. The minimum atomic E-state index is -0.0760. The van der Waals surface area contributed by atoms with Gasteiger partial charge in [0.05, 0.1) is 13.2 Å². The summed E-state index contributed by atoms with van der Waals surface area (Å²) >= 11 is 0. The third kappa shape index (κ3) is 2.80. The van der Waals surface area contributed by atoms with Gasteiger partial charge in [0.2, 0.25) is 5.91 Å². The number of rotatable bonds is 4. The predicted molar refractivity (Wildman–Crippen MR) is 51.9 cm³/mol. The van der Waals surface area contributed by atoms with Crippen molar-refractivity contribution in [3.63, 3.8) is 0 Å². The number of ketones is 1. The number of nitrogens with zero attached hydrogens (tertiary/aromatic N) is 1. The first kappa shape index (κ1) is 11.2. The van der Waals surface area contributed by atoms with Crippen molar-refractivity contribution in [2.45, 2.75) is 20.3 Å². The topological polar surface area (TPSA) is 46.6 Å². The van der Waals surface area contributed by atoms with Crippen LogP contribution in [0.3, 0.4) is 0 Å². The van der Waals surface area contributed by atoms with E-state index in [1.54, 1.807) is 4.90 Å². The average molecular weight is 199 g/mol. The Balaban J connectivity index is 2.42. The molecule has 1 heterocycles. The molecule has 0 radical (unpaired) electrons. The van der Waals surface area contributed by atoms with Gasteiger partial charge in [-0.15, -0.1) is 0 Å². The Kier molecular flexibility index (Phi) is 4.07. The van der Waals surface area contributed by atoms with Crippen molar-refractivity contribution in [1.82, 2.24) is 4.90 Å². The highest BCUT2D eigenvalue weighted by Crippen LogP contribution is 2.06. The molecular formula is C10H17NO3. The van der Waals surface area contributed by atoms with E-state index in [2.05, 4.69) is 0 Å². The molecule has 1 aliphatic rings. The van der Waals surface area contributed by atoms with Gasteiger partial charge in [0.25, 0.3) is 0 Å². The Labute approximate surface area is 84.2 Å². The van der Waals surface area contributed by atoms with Crippen LogP contribution in [0.25, 0.3) is 0 Å². The van der Waals surface area contributed by atoms with E-state index in [9.17, 15) is 9.59 Å². The van der Waals surface area contributed by atoms with E-state index in [4.69, 9.17) is 4.74 Å². The normalized spacial score (nSPS) is 19.6. The Morgan fingerprint density at radius 2 is 2.36 bits per heavy atom. The maximum atomic E-state index is 11.6. The molecule has 0 aliphatic carbocycles. The zero-order valence-electron chi connectivity index (χ0n) is 8.78. The van der Waals surface area contributed by atoms with Crippen molar-refractivity contribution >= 4 is 11.7 Å². The maximum Gasteiger partial charge on any atom is 0.249 e. The van der Waals surface area contributed by atoms with Crippen molar-refractivity contribution < 1.29 is 14.3 Å². The zero-order valence-corrected chi connectivity index (χ0v) is 8.78. The standard InChI is InChI=1S/C10H17NO3/c1-3-8(2)9(12)6-11-4-5-14-7-10(11)13/h8H,3-7H2,1-2H3. The van der Waals surface area contributed by atoms with Gasteiger partial charge in [-0.1, -0.05) is 13.8 Å². The second-order valence-electron chi connectivity index (χ2n) is 3.64. The van der Waals surface area contributed by atoms with Gasteiger partial charge in [0.15, 0.2) is 5.78 Å². The Morgan fingerprint density at radius 1 is 1.64 bits per heavy atom. The first-order chi connectivity index (χ1) is 6.65. The molecule has 1 rings (SSSR count). The van der Waals surface area contributed by atoms with Crippen LogP contribution in [-0.2, 0) is 14.3 Å². The molecular weight excluding hydrogens is 182 g/mol. The van der Waals surface area contributed by atoms with Crippen molar-refractivity contribution in [2.24, 2.45) is 5.92 Å². The number of Topliss-reactive ketones (excluding diaryl/α,β-unsaturated/α-hetero) is 1. The van der Waals surface area contributed by atoms with Crippen molar-refractivity contribution in [2.75, 3.05) is 26.3 Å². The Bertz CT molecular complexity index is 227. The highest BCUT2D eigenvalue weighted by atomic mass is 16.5. The van der Waals surface area contributed by atoms with Gasteiger partial charge >= 0.3 is 0 Å². The summed E-state index contributed by atoms with van der Waals surface area (Å²) in [5.74, 6) is 0.112. The number of hydrogen-bond donors (Lipinski definition) is 0. The van der Waals surface area contributed by atoms with Crippen molar-refractivity contribution in [3.05, 3.63) is 0 Å².